The minimum atomic E-state index is -1.38. The highest BCUT2D eigenvalue weighted by molar-refractivity contribution is 8.24. The quantitative estimate of drug-likeness (QED) is 0.346. The fraction of sp³-hybridized carbons (Fsp3) is 0.524. The SMILES string of the molecule is CCN(CC)C(=S)SC1(C)C=C1OCCOc1ccc(C(=O)C(C)(C)O)cc1. The molecule has 0 saturated heterocycles. The van der Waals surface area contributed by atoms with Crippen molar-refractivity contribution in [3.63, 3.8) is 0 Å². The van der Waals surface area contributed by atoms with Crippen molar-refractivity contribution in [2.75, 3.05) is 26.3 Å². The predicted octanol–water partition coefficient (Wildman–Crippen LogP) is 4.05. The normalized spacial score (nSPS) is 18.3. The molecule has 0 aliphatic heterocycles. The Labute approximate surface area is 177 Å². The number of thiocarbonyl (C=S) groups is 1. The first-order valence-electron chi connectivity index (χ1n) is 9.44. The lowest BCUT2D eigenvalue weighted by Gasteiger charge is -2.23. The standard InChI is InChI=1S/C21H29NO4S2/c1-6-22(7-2)19(27)28-21(5)14-17(21)26-13-12-25-16-10-8-15(9-11-16)18(23)20(3,4)24/h8-11,14,24H,6-7,12-13H2,1-5H3. The molecule has 7 heteroatoms. The van der Waals surface area contributed by atoms with Gasteiger partial charge in [0.1, 0.15) is 34.6 Å². The number of benzene rings is 1. The molecule has 0 bridgehead atoms. The van der Waals surface area contributed by atoms with Crippen LogP contribution >= 0.6 is 24.0 Å². The summed E-state index contributed by atoms with van der Waals surface area (Å²) in [5.74, 6) is 1.27. The lowest BCUT2D eigenvalue weighted by molar-refractivity contribution is 0.0488. The summed E-state index contributed by atoms with van der Waals surface area (Å²) >= 11 is 7.14. The molecule has 1 aromatic carbocycles. The van der Waals surface area contributed by atoms with Crippen molar-refractivity contribution in [1.29, 1.82) is 0 Å². The summed E-state index contributed by atoms with van der Waals surface area (Å²) in [4.78, 5) is 14.2. The van der Waals surface area contributed by atoms with E-state index in [1.54, 1.807) is 36.0 Å². The Kier molecular flexibility index (Phi) is 7.53. The van der Waals surface area contributed by atoms with E-state index in [2.05, 4.69) is 31.7 Å². The van der Waals surface area contributed by atoms with Gasteiger partial charge in [0.25, 0.3) is 0 Å². The van der Waals surface area contributed by atoms with Crippen molar-refractivity contribution in [3.05, 3.63) is 41.7 Å². The van der Waals surface area contributed by atoms with Crippen LogP contribution in [0.1, 0.15) is 45.0 Å². The Hall–Kier alpha value is -1.57. The number of Topliss-reactive ketones (excluding diaryl/α,β-unsaturated/α-hetero) is 1. The summed E-state index contributed by atoms with van der Waals surface area (Å²) in [5, 5.41) is 9.78. The van der Waals surface area contributed by atoms with Gasteiger partial charge in [0.15, 0.2) is 5.78 Å². The first kappa shape index (κ1) is 22.7. The summed E-state index contributed by atoms with van der Waals surface area (Å²) in [5.41, 5.74) is -0.928. The number of nitrogens with zero attached hydrogens (tertiary/aromatic N) is 1. The number of thioether (sulfide) groups is 1. The second-order valence-corrected chi connectivity index (χ2v) is 9.35. The molecule has 2 rings (SSSR count). The molecule has 0 aromatic heterocycles. The van der Waals surface area contributed by atoms with Crippen molar-refractivity contribution < 1.29 is 19.4 Å². The molecule has 1 aliphatic carbocycles. The molecule has 5 nitrogen and oxygen atoms in total. The highest BCUT2D eigenvalue weighted by atomic mass is 32.2. The molecule has 1 aromatic rings. The highest BCUT2D eigenvalue weighted by Gasteiger charge is 2.44. The van der Waals surface area contributed by atoms with Gasteiger partial charge >= 0.3 is 0 Å². The average Bonchev–Trinajstić information content (AvgIpc) is 3.28. The van der Waals surface area contributed by atoms with E-state index in [1.165, 1.54) is 13.8 Å². The summed E-state index contributed by atoms with van der Waals surface area (Å²) in [6, 6.07) is 6.75. The molecule has 0 heterocycles. The Bertz CT molecular complexity index is 736. The van der Waals surface area contributed by atoms with Gasteiger partial charge in [0.2, 0.25) is 0 Å². The number of hydrogen-bond acceptors (Lipinski definition) is 6. The van der Waals surface area contributed by atoms with Crippen molar-refractivity contribution in [2.45, 2.75) is 45.0 Å². The molecule has 1 N–H and O–H groups in total. The lowest BCUT2D eigenvalue weighted by atomic mass is 9.97. The average molecular weight is 424 g/mol. The number of carbonyl (C=O) groups excluding carboxylic acids is 1. The second-order valence-electron chi connectivity index (χ2n) is 7.27. The Balaban J connectivity index is 1.72. The molecule has 0 spiro atoms. The van der Waals surface area contributed by atoms with Gasteiger partial charge in [0.05, 0.1) is 4.75 Å². The third-order valence-electron chi connectivity index (χ3n) is 4.42. The Morgan fingerprint density at radius 2 is 1.75 bits per heavy atom. The van der Waals surface area contributed by atoms with E-state index in [1.807, 2.05) is 0 Å². The number of carbonyl (C=O) groups is 1. The van der Waals surface area contributed by atoms with Crippen molar-refractivity contribution in [3.8, 4) is 5.75 Å². The van der Waals surface area contributed by atoms with Crippen LogP contribution in [0.3, 0.4) is 0 Å². The zero-order valence-electron chi connectivity index (χ0n) is 17.2. The molecule has 1 unspecified atom stereocenters. The summed E-state index contributed by atoms with van der Waals surface area (Å²) in [7, 11) is 0. The first-order valence-corrected chi connectivity index (χ1v) is 10.7. The van der Waals surface area contributed by atoms with Gasteiger partial charge in [-0.2, -0.15) is 0 Å². The fourth-order valence-corrected chi connectivity index (χ4v) is 4.43. The van der Waals surface area contributed by atoms with E-state index < -0.39 is 5.60 Å². The zero-order valence-corrected chi connectivity index (χ0v) is 18.8. The smallest absolute Gasteiger partial charge is 0.193 e. The number of rotatable bonds is 10. The topological polar surface area (TPSA) is 59.0 Å². The minimum absolute atomic E-state index is 0.154. The van der Waals surface area contributed by atoms with E-state index >= 15 is 0 Å². The maximum Gasteiger partial charge on any atom is 0.193 e. The van der Waals surface area contributed by atoms with E-state index in [0.29, 0.717) is 24.5 Å². The molecule has 1 atom stereocenters. The maximum atomic E-state index is 12.0. The van der Waals surface area contributed by atoms with Gasteiger partial charge in [-0.05, 0) is 65.0 Å². The molecule has 0 saturated carbocycles. The van der Waals surface area contributed by atoms with Crippen LogP contribution in [-0.2, 0) is 4.74 Å². The van der Waals surface area contributed by atoms with Crippen LogP contribution < -0.4 is 4.74 Å². The van der Waals surface area contributed by atoms with Gasteiger partial charge in [-0.1, -0.05) is 24.0 Å². The van der Waals surface area contributed by atoms with Gasteiger partial charge in [0, 0.05) is 18.7 Å². The third kappa shape index (κ3) is 5.96. The largest absolute Gasteiger partial charge is 0.493 e. The van der Waals surface area contributed by atoms with Crippen molar-refractivity contribution >= 4 is 34.1 Å². The van der Waals surface area contributed by atoms with E-state index in [0.717, 1.165) is 23.2 Å². The van der Waals surface area contributed by atoms with Crippen LogP contribution in [0, 0.1) is 0 Å². The highest BCUT2D eigenvalue weighted by Crippen LogP contribution is 2.48. The summed E-state index contributed by atoms with van der Waals surface area (Å²) in [6.45, 7) is 11.9. The predicted molar refractivity (Wildman–Crippen MR) is 118 cm³/mol. The van der Waals surface area contributed by atoms with Crippen molar-refractivity contribution in [2.24, 2.45) is 0 Å². The van der Waals surface area contributed by atoms with Crippen LogP contribution in [0.15, 0.2) is 36.1 Å². The molecule has 28 heavy (non-hydrogen) atoms. The zero-order chi connectivity index (χ0) is 20.9. The maximum absolute atomic E-state index is 12.0. The minimum Gasteiger partial charge on any atom is -0.493 e. The summed E-state index contributed by atoms with van der Waals surface area (Å²) < 4.78 is 12.2. The van der Waals surface area contributed by atoms with Gasteiger partial charge in [-0.3, -0.25) is 4.79 Å². The molecule has 0 fully saturated rings. The monoisotopic (exact) mass is 423 g/mol. The fourth-order valence-electron chi connectivity index (χ4n) is 2.57. The van der Waals surface area contributed by atoms with Gasteiger partial charge < -0.3 is 19.5 Å². The molecule has 0 radical (unpaired) electrons. The second kappa shape index (κ2) is 9.29. The third-order valence-corrected chi connectivity index (χ3v) is 6.10. The van der Waals surface area contributed by atoms with E-state index in [9.17, 15) is 9.90 Å². The molecule has 1 aliphatic rings. The Morgan fingerprint density at radius 3 is 2.29 bits per heavy atom. The van der Waals surface area contributed by atoms with Crippen molar-refractivity contribution in [1.82, 2.24) is 4.90 Å². The van der Waals surface area contributed by atoms with Crippen LogP contribution in [0.5, 0.6) is 5.75 Å². The lowest BCUT2D eigenvalue weighted by Crippen LogP contribution is -2.30. The van der Waals surface area contributed by atoms with Crippen LogP contribution in [-0.4, -0.2) is 56.8 Å². The van der Waals surface area contributed by atoms with E-state index in [-0.39, 0.29) is 10.5 Å². The van der Waals surface area contributed by atoms with Crippen LogP contribution in [0.25, 0.3) is 0 Å². The molecule has 154 valence electrons. The van der Waals surface area contributed by atoms with Gasteiger partial charge in [-0.25, -0.2) is 0 Å². The summed E-state index contributed by atoms with van der Waals surface area (Å²) in [6.07, 6.45) is 2.07. The number of ether oxygens (including phenoxy) is 2. The molecular weight excluding hydrogens is 394 g/mol. The van der Waals surface area contributed by atoms with Gasteiger partial charge in [-0.15, -0.1) is 0 Å². The van der Waals surface area contributed by atoms with E-state index in [4.69, 9.17) is 21.7 Å². The Morgan fingerprint density at radius 1 is 1.18 bits per heavy atom. The molecular formula is C21H29NO4S2. The van der Waals surface area contributed by atoms with Crippen LogP contribution in [0.2, 0.25) is 0 Å². The number of hydrogen-bond donors (Lipinski definition) is 1. The molecule has 0 amide bonds. The number of aliphatic hydroxyl groups is 1. The number of ketones is 1. The van der Waals surface area contributed by atoms with Crippen LogP contribution in [0.4, 0.5) is 0 Å². The first-order chi connectivity index (χ1) is 13.1.